The number of carbonyl (C=O) groups excluding carboxylic acids is 1. The number of carbonyl (C=O) groups is 1. The van der Waals surface area contributed by atoms with Crippen LogP contribution in [0.15, 0.2) is 66.7 Å². The van der Waals surface area contributed by atoms with Gasteiger partial charge < -0.3 is 5.32 Å². The predicted octanol–water partition coefficient (Wildman–Crippen LogP) is 5.65. The number of anilines is 1. The zero-order valence-corrected chi connectivity index (χ0v) is 18.1. The largest absolute Gasteiger partial charge is 0.332 e. The topological polar surface area (TPSA) is 97.2 Å². The number of hydrogen-bond donors (Lipinski definition) is 2. The number of benzene rings is 3. The fourth-order valence-electron chi connectivity index (χ4n) is 2.83. The molecule has 0 unspecified atom stereocenters. The van der Waals surface area contributed by atoms with Crippen molar-refractivity contribution in [3.8, 4) is 10.6 Å². The molecule has 0 saturated carbocycles. The summed E-state index contributed by atoms with van der Waals surface area (Å²) in [6, 6.07) is 18.3. The highest BCUT2D eigenvalue weighted by Crippen LogP contribution is 2.35. The van der Waals surface area contributed by atoms with Crippen molar-refractivity contribution in [2.45, 2.75) is 0 Å². The first-order chi connectivity index (χ1) is 14.9. The van der Waals surface area contributed by atoms with E-state index in [1.807, 2.05) is 30.3 Å². The normalized spacial score (nSPS) is 10.6. The number of thiocarbonyl (C=S) groups is 1. The van der Waals surface area contributed by atoms with Gasteiger partial charge in [0.05, 0.1) is 20.2 Å². The zero-order valence-electron chi connectivity index (χ0n) is 15.7. The molecule has 0 radical (unpaired) electrons. The Morgan fingerprint density at radius 1 is 1.10 bits per heavy atom. The van der Waals surface area contributed by atoms with Crippen molar-refractivity contribution >= 4 is 67.8 Å². The van der Waals surface area contributed by atoms with Crippen molar-refractivity contribution in [1.29, 1.82) is 0 Å². The van der Waals surface area contributed by atoms with E-state index >= 15 is 0 Å². The van der Waals surface area contributed by atoms with Crippen LogP contribution in [-0.2, 0) is 0 Å². The molecule has 31 heavy (non-hydrogen) atoms. The summed E-state index contributed by atoms with van der Waals surface area (Å²) in [5.41, 5.74) is 2.43. The Morgan fingerprint density at radius 3 is 2.55 bits per heavy atom. The van der Waals surface area contributed by atoms with Crippen molar-refractivity contribution in [3.63, 3.8) is 0 Å². The lowest BCUT2D eigenvalue weighted by atomic mass is 10.2. The van der Waals surface area contributed by atoms with Gasteiger partial charge in [-0.25, -0.2) is 4.98 Å². The number of nitrogens with one attached hydrogen (secondary N) is 2. The summed E-state index contributed by atoms with van der Waals surface area (Å²) in [6.45, 7) is 0. The van der Waals surface area contributed by atoms with E-state index in [1.54, 1.807) is 12.1 Å². The Balaban J connectivity index is 1.49. The Hall–Kier alpha value is -3.40. The second kappa shape index (κ2) is 8.76. The fourth-order valence-corrected chi connectivity index (χ4v) is 4.30. The van der Waals surface area contributed by atoms with Crippen LogP contribution in [0.4, 0.5) is 11.4 Å². The summed E-state index contributed by atoms with van der Waals surface area (Å²) in [5.74, 6) is -0.479. The molecule has 3 aromatic carbocycles. The van der Waals surface area contributed by atoms with Gasteiger partial charge in [0.15, 0.2) is 5.11 Å². The van der Waals surface area contributed by atoms with E-state index in [0.717, 1.165) is 20.8 Å². The highest BCUT2D eigenvalue weighted by Gasteiger charge is 2.13. The average Bonchev–Trinajstić information content (AvgIpc) is 3.19. The molecule has 0 spiro atoms. The minimum Gasteiger partial charge on any atom is -0.332 e. The zero-order chi connectivity index (χ0) is 22.0. The number of aromatic nitrogens is 1. The van der Waals surface area contributed by atoms with E-state index in [-0.39, 0.29) is 16.4 Å². The van der Waals surface area contributed by atoms with Gasteiger partial charge >= 0.3 is 0 Å². The molecule has 4 rings (SSSR count). The molecular weight excluding hydrogens is 456 g/mol. The Kier molecular flexibility index (Phi) is 5.90. The number of thiazole rings is 1. The molecule has 1 amide bonds. The number of fused-ring (bicyclic) bond motifs is 1. The maximum absolute atomic E-state index is 12.3. The van der Waals surface area contributed by atoms with Crippen LogP contribution in [0, 0.1) is 10.1 Å². The smallest absolute Gasteiger partial charge is 0.269 e. The van der Waals surface area contributed by atoms with Gasteiger partial charge in [0, 0.05) is 28.9 Å². The second-order valence-electron chi connectivity index (χ2n) is 6.39. The van der Waals surface area contributed by atoms with E-state index < -0.39 is 10.8 Å². The molecule has 0 fully saturated rings. The summed E-state index contributed by atoms with van der Waals surface area (Å²) in [7, 11) is 0. The van der Waals surface area contributed by atoms with Gasteiger partial charge in [0.25, 0.3) is 11.6 Å². The van der Waals surface area contributed by atoms with Gasteiger partial charge in [0.2, 0.25) is 0 Å². The van der Waals surface area contributed by atoms with Gasteiger partial charge in [0.1, 0.15) is 5.01 Å². The minimum atomic E-state index is -0.530. The van der Waals surface area contributed by atoms with Crippen molar-refractivity contribution in [3.05, 3.63) is 87.4 Å². The van der Waals surface area contributed by atoms with Crippen LogP contribution >= 0.6 is 35.2 Å². The number of rotatable bonds is 4. The van der Waals surface area contributed by atoms with Gasteiger partial charge in [-0.3, -0.25) is 20.2 Å². The van der Waals surface area contributed by atoms with Crippen LogP contribution < -0.4 is 10.6 Å². The fraction of sp³-hybridized carbons (Fsp3) is 0. The number of nitro benzene ring substituents is 1. The molecule has 10 heteroatoms. The number of non-ortho nitro benzene ring substituents is 1. The number of hydrogen-bond acceptors (Lipinski definition) is 6. The molecule has 154 valence electrons. The van der Waals surface area contributed by atoms with E-state index in [2.05, 4.69) is 15.6 Å². The standard InChI is InChI=1S/C21H13ClN4O3S2/c22-16-10-7-13(11-15(16)20-24-17-3-1-2-4-18(17)31-20)23-21(30)25-19(27)12-5-8-14(9-6-12)26(28)29/h1-11H,(H2,23,25,27,30). The van der Waals surface area contributed by atoms with E-state index in [4.69, 9.17) is 23.8 Å². The molecule has 2 N–H and O–H groups in total. The lowest BCUT2D eigenvalue weighted by Crippen LogP contribution is -2.34. The number of nitrogens with zero attached hydrogens (tertiary/aromatic N) is 2. The summed E-state index contributed by atoms with van der Waals surface area (Å²) in [5, 5.41) is 17.6. The van der Waals surface area contributed by atoms with Crippen LogP contribution in [0.2, 0.25) is 5.02 Å². The molecule has 4 aromatic rings. The predicted molar refractivity (Wildman–Crippen MR) is 127 cm³/mol. The highest BCUT2D eigenvalue weighted by atomic mass is 35.5. The minimum absolute atomic E-state index is 0.0842. The molecule has 0 aliphatic carbocycles. The van der Waals surface area contributed by atoms with Gasteiger partial charge in [-0.05, 0) is 54.7 Å². The van der Waals surface area contributed by atoms with Crippen molar-refractivity contribution in [2.24, 2.45) is 0 Å². The van der Waals surface area contributed by atoms with Crippen LogP contribution in [0.1, 0.15) is 10.4 Å². The summed E-state index contributed by atoms with van der Waals surface area (Å²) in [6.07, 6.45) is 0. The number of amides is 1. The van der Waals surface area contributed by atoms with Gasteiger partial charge in [-0.15, -0.1) is 11.3 Å². The molecule has 0 atom stereocenters. The van der Waals surface area contributed by atoms with Crippen LogP contribution in [-0.4, -0.2) is 20.9 Å². The van der Waals surface area contributed by atoms with E-state index in [9.17, 15) is 14.9 Å². The summed E-state index contributed by atoms with van der Waals surface area (Å²) >= 11 is 13.1. The number of halogens is 1. The Bertz CT molecular complexity index is 1290. The molecule has 0 aliphatic heterocycles. The van der Waals surface area contributed by atoms with E-state index in [0.29, 0.717) is 10.7 Å². The third-order valence-corrected chi connectivity index (χ3v) is 5.92. The molecular formula is C21H13ClN4O3S2. The second-order valence-corrected chi connectivity index (χ2v) is 8.24. The molecule has 0 saturated heterocycles. The number of nitro groups is 1. The quantitative estimate of drug-likeness (QED) is 0.228. The van der Waals surface area contributed by atoms with Crippen LogP contribution in [0.25, 0.3) is 20.8 Å². The first-order valence-electron chi connectivity index (χ1n) is 8.93. The lowest BCUT2D eigenvalue weighted by Gasteiger charge is -2.11. The van der Waals surface area contributed by atoms with Crippen LogP contribution in [0.3, 0.4) is 0 Å². The lowest BCUT2D eigenvalue weighted by molar-refractivity contribution is -0.384. The maximum atomic E-state index is 12.3. The average molecular weight is 469 g/mol. The Morgan fingerprint density at radius 2 is 1.84 bits per heavy atom. The molecule has 0 aliphatic rings. The van der Waals surface area contributed by atoms with Crippen molar-refractivity contribution in [2.75, 3.05) is 5.32 Å². The number of para-hydroxylation sites is 1. The summed E-state index contributed by atoms with van der Waals surface area (Å²) in [4.78, 5) is 27.2. The summed E-state index contributed by atoms with van der Waals surface area (Å²) < 4.78 is 1.05. The van der Waals surface area contributed by atoms with Gasteiger partial charge in [-0.1, -0.05) is 23.7 Å². The van der Waals surface area contributed by atoms with Crippen molar-refractivity contribution < 1.29 is 9.72 Å². The third-order valence-electron chi connectivity index (χ3n) is 4.32. The van der Waals surface area contributed by atoms with E-state index in [1.165, 1.54) is 35.6 Å². The molecule has 0 bridgehead atoms. The van der Waals surface area contributed by atoms with Gasteiger partial charge in [-0.2, -0.15) is 0 Å². The highest BCUT2D eigenvalue weighted by molar-refractivity contribution is 7.80. The first-order valence-corrected chi connectivity index (χ1v) is 10.5. The maximum Gasteiger partial charge on any atom is 0.269 e. The SMILES string of the molecule is O=C(NC(=S)Nc1ccc(Cl)c(-c2nc3ccccc3s2)c1)c1ccc([N+](=O)[O-])cc1. The first kappa shape index (κ1) is 20.9. The third kappa shape index (κ3) is 4.69. The van der Waals surface area contributed by atoms with Crippen LogP contribution in [0.5, 0.6) is 0 Å². The molecule has 1 heterocycles. The molecule has 7 nitrogen and oxygen atoms in total. The Labute approximate surface area is 190 Å². The van der Waals surface area contributed by atoms with Crippen molar-refractivity contribution in [1.82, 2.24) is 10.3 Å². The monoisotopic (exact) mass is 468 g/mol. The molecule has 1 aromatic heterocycles.